The Morgan fingerprint density at radius 2 is 2.13 bits per heavy atom. The molecule has 0 unspecified atom stereocenters. The molecule has 0 radical (unpaired) electrons. The van der Waals surface area contributed by atoms with E-state index in [-0.39, 0.29) is 17.4 Å². The summed E-state index contributed by atoms with van der Waals surface area (Å²) in [5, 5.41) is 4.65. The fourth-order valence-electron chi connectivity index (χ4n) is 5.47. The predicted molar refractivity (Wildman–Crippen MR) is 117 cm³/mol. The summed E-state index contributed by atoms with van der Waals surface area (Å²) in [5.74, 6) is 1.50. The highest BCUT2D eigenvalue weighted by atomic mass is 16.3. The van der Waals surface area contributed by atoms with Gasteiger partial charge in [-0.05, 0) is 30.5 Å². The zero-order chi connectivity index (χ0) is 20.6. The molecule has 1 aromatic carbocycles. The first kappa shape index (κ1) is 19.3. The van der Waals surface area contributed by atoms with Crippen LogP contribution in [0.2, 0.25) is 0 Å². The lowest BCUT2D eigenvalue weighted by atomic mass is 9.79. The zero-order valence-corrected chi connectivity index (χ0v) is 17.6. The number of hydrogen-bond acceptors (Lipinski definition) is 4. The number of amides is 1. The third-order valence-corrected chi connectivity index (χ3v) is 6.85. The molecule has 2 aliphatic heterocycles. The average molecular weight is 404 g/mol. The van der Waals surface area contributed by atoms with Crippen LogP contribution in [0.15, 0.2) is 53.2 Å². The number of para-hydroxylation sites is 1. The van der Waals surface area contributed by atoms with Crippen LogP contribution in [0, 0.1) is 0 Å². The topological polar surface area (TPSA) is 58.4 Å². The van der Waals surface area contributed by atoms with Crippen molar-refractivity contribution < 1.29 is 9.21 Å². The first-order valence-electron chi connectivity index (χ1n) is 11.1. The molecule has 2 aromatic heterocycles. The van der Waals surface area contributed by atoms with Gasteiger partial charge >= 0.3 is 0 Å². The van der Waals surface area contributed by atoms with E-state index in [1.807, 2.05) is 30.6 Å². The number of aromatic nitrogens is 1. The molecule has 1 spiro atoms. The number of likely N-dealkylation sites (tertiary alicyclic amines) is 1. The number of aryl methyl sites for hydroxylation is 1. The zero-order valence-electron chi connectivity index (χ0n) is 17.6. The molecule has 2 atom stereocenters. The van der Waals surface area contributed by atoms with Gasteiger partial charge in [0.2, 0.25) is 5.91 Å². The highest BCUT2D eigenvalue weighted by Gasteiger charge is 2.48. The maximum absolute atomic E-state index is 12.6. The molecule has 5 heteroatoms. The molecule has 1 N–H and O–H groups in total. The molecule has 5 nitrogen and oxygen atoms in total. The lowest BCUT2D eigenvalue weighted by molar-refractivity contribution is -0.122. The maximum atomic E-state index is 12.6. The van der Waals surface area contributed by atoms with Crippen molar-refractivity contribution in [2.24, 2.45) is 0 Å². The Balaban J connectivity index is 1.50. The van der Waals surface area contributed by atoms with Gasteiger partial charge in [0.25, 0.3) is 0 Å². The Morgan fingerprint density at radius 3 is 2.97 bits per heavy atom. The van der Waals surface area contributed by atoms with Crippen molar-refractivity contribution in [1.29, 1.82) is 0 Å². The Kier molecular flexibility index (Phi) is 5.07. The molecule has 30 heavy (non-hydrogen) atoms. The van der Waals surface area contributed by atoms with E-state index < -0.39 is 0 Å². The quantitative estimate of drug-likeness (QED) is 0.701. The number of rotatable bonds is 4. The van der Waals surface area contributed by atoms with E-state index in [4.69, 9.17) is 4.42 Å². The van der Waals surface area contributed by atoms with Gasteiger partial charge in [0, 0.05) is 61.7 Å². The van der Waals surface area contributed by atoms with Crippen LogP contribution in [0.3, 0.4) is 0 Å². The van der Waals surface area contributed by atoms with Crippen molar-refractivity contribution in [2.45, 2.75) is 57.0 Å². The largest absolute Gasteiger partial charge is 0.461 e. The molecule has 1 amide bonds. The Bertz CT molecular complexity index is 1040. The fraction of sp³-hybridized carbons (Fsp3) is 0.440. The second-order valence-corrected chi connectivity index (χ2v) is 8.77. The second-order valence-electron chi connectivity index (χ2n) is 8.77. The van der Waals surface area contributed by atoms with Crippen molar-refractivity contribution in [3.8, 4) is 0 Å². The summed E-state index contributed by atoms with van der Waals surface area (Å²) in [4.78, 5) is 19.4. The van der Waals surface area contributed by atoms with Gasteiger partial charge in [0.05, 0.1) is 5.54 Å². The summed E-state index contributed by atoms with van der Waals surface area (Å²) >= 11 is 0. The molecule has 2 aliphatic rings. The first-order chi connectivity index (χ1) is 14.7. The lowest BCUT2D eigenvalue weighted by Gasteiger charge is -2.35. The Labute approximate surface area is 177 Å². The minimum Gasteiger partial charge on any atom is -0.461 e. The van der Waals surface area contributed by atoms with Crippen molar-refractivity contribution in [3.05, 3.63) is 65.7 Å². The predicted octanol–water partition coefficient (Wildman–Crippen LogP) is 4.42. The van der Waals surface area contributed by atoms with Gasteiger partial charge < -0.3 is 9.73 Å². The molecule has 156 valence electrons. The van der Waals surface area contributed by atoms with Crippen LogP contribution in [0.25, 0.3) is 11.0 Å². The van der Waals surface area contributed by atoms with E-state index in [1.165, 1.54) is 16.5 Å². The van der Waals surface area contributed by atoms with Crippen LogP contribution < -0.4 is 5.32 Å². The van der Waals surface area contributed by atoms with Gasteiger partial charge in [-0.25, -0.2) is 0 Å². The molecule has 0 bridgehead atoms. The number of furan rings is 1. The van der Waals surface area contributed by atoms with E-state index in [2.05, 4.69) is 40.3 Å². The van der Waals surface area contributed by atoms with Gasteiger partial charge in [-0.15, -0.1) is 0 Å². The van der Waals surface area contributed by atoms with Gasteiger partial charge in [-0.2, -0.15) is 0 Å². The lowest BCUT2D eigenvalue weighted by Crippen LogP contribution is -2.52. The van der Waals surface area contributed by atoms with Crippen molar-refractivity contribution in [3.63, 3.8) is 0 Å². The summed E-state index contributed by atoms with van der Waals surface area (Å²) in [6, 6.07) is 12.5. The second kappa shape index (κ2) is 7.88. The number of nitrogens with zero attached hydrogens (tertiary/aromatic N) is 2. The van der Waals surface area contributed by atoms with Crippen molar-refractivity contribution in [2.75, 3.05) is 13.1 Å². The van der Waals surface area contributed by atoms with Crippen molar-refractivity contribution >= 4 is 16.9 Å². The average Bonchev–Trinajstić information content (AvgIpc) is 3.23. The third kappa shape index (κ3) is 3.41. The summed E-state index contributed by atoms with van der Waals surface area (Å²) in [5.41, 5.74) is 3.25. The van der Waals surface area contributed by atoms with Crippen LogP contribution >= 0.6 is 0 Å². The fourth-order valence-corrected chi connectivity index (χ4v) is 5.47. The first-order valence-corrected chi connectivity index (χ1v) is 11.1. The van der Waals surface area contributed by atoms with Crippen LogP contribution in [0.4, 0.5) is 0 Å². The molecule has 5 rings (SSSR count). The Morgan fingerprint density at radius 1 is 1.23 bits per heavy atom. The smallest absolute Gasteiger partial charge is 0.220 e. The summed E-state index contributed by atoms with van der Waals surface area (Å²) in [6.07, 6.45) is 8.37. The SMILES string of the molecule is CCc1oc2ccccc2c1CN1C[C@@H](c2cccnc2)[C@@]2(CCCCC(=O)N2)C1. The van der Waals surface area contributed by atoms with E-state index in [1.54, 1.807) is 0 Å². The van der Waals surface area contributed by atoms with Gasteiger partial charge in [-0.3, -0.25) is 14.7 Å². The number of benzene rings is 1. The molecule has 2 fully saturated rings. The minimum absolute atomic E-state index is 0.186. The Hall–Kier alpha value is -2.66. The molecular weight excluding hydrogens is 374 g/mol. The monoisotopic (exact) mass is 403 g/mol. The third-order valence-electron chi connectivity index (χ3n) is 6.85. The van der Waals surface area contributed by atoms with E-state index in [9.17, 15) is 4.79 Å². The van der Waals surface area contributed by atoms with E-state index in [0.717, 1.165) is 56.7 Å². The van der Waals surface area contributed by atoms with Gasteiger partial charge in [0.15, 0.2) is 0 Å². The van der Waals surface area contributed by atoms with Crippen LogP contribution in [-0.4, -0.2) is 34.4 Å². The van der Waals surface area contributed by atoms with Crippen LogP contribution in [-0.2, 0) is 17.8 Å². The van der Waals surface area contributed by atoms with Crippen molar-refractivity contribution in [1.82, 2.24) is 15.2 Å². The molecule has 2 saturated heterocycles. The van der Waals surface area contributed by atoms with Gasteiger partial charge in [-0.1, -0.05) is 37.6 Å². The van der Waals surface area contributed by atoms with Crippen LogP contribution in [0.5, 0.6) is 0 Å². The number of fused-ring (bicyclic) bond motifs is 1. The minimum atomic E-state index is -0.220. The maximum Gasteiger partial charge on any atom is 0.220 e. The molecular formula is C25H29N3O2. The highest BCUT2D eigenvalue weighted by molar-refractivity contribution is 5.82. The van der Waals surface area contributed by atoms with Crippen LogP contribution in [0.1, 0.15) is 55.4 Å². The van der Waals surface area contributed by atoms with Gasteiger partial charge in [0.1, 0.15) is 11.3 Å². The number of pyridine rings is 1. The normalized spacial score (nSPS) is 25.0. The number of nitrogens with one attached hydrogen (secondary N) is 1. The summed E-state index contributed by atoms with van der Waals surface area (Å²) in [6.45, 7) is 4.76. The summed E-state index contributed by atoms with van der Waals surface area (Å²) in [7, 11) is 0. The summed E-state index contributed by atoms with van der Waals surface area (Å²) < 4.78 is 6.14. The van der Waals surface area contributed by atoms with E-state index in [0.29, 0.717) is 6.42 Å². The standard InChI is InChI=1S/C25H29N3O2/c1-2-22-20(19-9-3-4-10-23(19)30-22)15-28-16-21(18-8-7-13-26-14-18)25(17-28)12-6-5-11-24(29)27-25/h3-4,7-10,13-14,21H,2,5-6,11-12,15-17H2,1H3,(H,27,29)/t21-,25+/m0/s1. The molecule has 0 aliphatic carbocycles. The highest BCUT2D eigenvalue weighted by Crippen LogP contribution is 2.42. The number of hydrogen-bond donors (Lipinski definition) is 1. The molecule has 4 heterocycles. The molecule has 3 aromatic rings. The molecule has 0 saturated carbocycles. The number of carbonyl (C=O) groups is 1. The van der Waals surface area contributed by atoms with E-state index >= 15 is 0 Å². The number of carbonyl (C=O) groups excluding carboxylic acids is 1.